The van der Waals surface area contributed by atoms with Crippen LogP contribution in [0.25, 0.3) is 0 Å². The van der Waals surface area contributed by atoms with Crippen LogP contribution in [-0.2, 0) is 14.2 Å². The van der Waals surface area contributed by atoms with Gasteiger partial charge in [-0.05, 0) is 13.3 Å². The fourth-order valence-corrected chi connectivity index (χ4v) is 2.30. The Morgan fingerprint density at radius 1 is 0.944 bits per heavy atom. The normalized spacial score (nSPS) is 23.7. The van der Waals surface area contributed by atoms with Crippen LogP contribution < -0.4 is 0 Å². The smallest absolute Gasteiger partial charge is 0.272 e. The summed E-state index contributed by atoms with van der Waals surface area (Å²) in [6, 6.07) is 0. The molecule has 18 heavy (non-hydrogen) atoms. The zero-order valence-corrected chi connectivity index (χ0v) is 12.2. The highest BCUT2D eigenvalue weighted by Crippen LogP contribution is 2.18. The Hall–Kier alpha value is -0.120. The Morgan fingerprint density at radius 2 is 1.61 bits per heavy atom. The minimum absolute atomic E-state index is 0.252. The molecule has 3 heteroatoms. The summed E-state index contributed by atoms with van der Waals surface area (Å²) < 4.78 is 16.3. The van der Waals surface area contributed by atoms with Crippen LogP contribution in [-0.4, -0.2) is 25.8 Å². The first-order chi connectivity index (χ1) is 8.86. The zero-order valence-electron chi connectivity index (χ0n) is 12.2. The maximum Gasteiger partial charge on any atom is 0.272 e. The van der Waals surface area contributed by atoms with Gasteiger partial charge in [-0.15, -0.1) is 0 Å². The average Bonchev–Trinajstić information content (AvgIpc) is 2.81. The zero-order chi connectivity index (χ0) is 13.1. The molecule has 0 N–H and O–H groups in total. The Morgan fingerprint density at radius 3 is 2.28 bits per heavy atom. The van der Waals surface area contributed by atoms with Crippen molar-refractivity contribution in [3.8, 4) is 0 Å². The fraction of sp³-hybridized carbons (Fsp3) is 1.00. The molecule has 0 aromatic carbocycles. The lowest BCUT2D eigenvalue weighted by atomic mass is 10.1. The summed E-state index contributed by atoms with van der Waals surface area (Å²) in [6.07, 6.45) is 12.2. The molecule has 0 spiro atoms. The minimum Gasteiger partial charge on any atom is -0.330 e. The maximum absolute atomic E-state index is 5.62. The Labute approximate surface area is 112 Å². The summed E-state index contributed by atoms with van der Waals surface area (Å²) >= 11 is 0. The molecule has 0 bridgehead atoms. The van der Waals surface area contributed by atoms with Crippen LogP contribution in [0.4, 0.5) is 0 Å². The lowest BCUT2D eigenvalue weighted by Crippen LogP contribution is -2.15. The van der Waals surface area contributed by atoms with Gasteiger partial charge in [0, 0.05) is 6.61 Å². The van der Waals surface area contributed by atoms with Gasteiger partial charge in [0.25, 0.3) is 6.48 Å². The first-order valence-corrected chi connectivity index (χ1v) is 7.75. The Balaban J connectivity index is 1.84. The molecule has 0 aromatic heterocycles. The van der Waals surface area contributed by atoms with Crippen LogP contribution in [0, 0.1) is 0 Å². The van der Waals surface area contributed by atoms with E-state index >= 15 is 0 Å². The summed E-state index contributed by atoms with van der Waals surface area (Å²) in [6.45, 7) is 5.16. The molecule has 1 rings (SSSR count). The monoisotopic (exact) mass is 258 g/mol. The molecule has 1 saturated heterocycles. The molecule has 2 atom stereocenters. The van der Waals surface area contributed by atoms with Crippen molar-refractivity contribution in [3.05, 3.63) is 0 Å². The second kappa shape index (κ2) is 10.8. The number of unbranched alkanes of at least 4 members (excludes halogenated alkanes) is 7. The van der Waals surface area contributed by atoms with Crippen molar-refractivity contribution in [2.45, 2.75) is 84.2 Å². The summed E-state index contributed by atoms with van der Waals surface area (Å²) in [7, 11) is 0. The van der Waals surface area contributed by atoms with E-state index in [4.69, 9.17) is 14.2 Å². The topological polar surface area (TPSA) is 27.7 Å². The second-order valence-corrected chi connectivity index (χ2v) is 5.10. The van der Waals surface area contributed by atoms with Crippen LogP contribution in [0.2, 0.25) is 0 Å². The van der Waals surface area contributed by atoms with Crippen molar-refractivity contribution >= 4 is 0 Å². The Bertz CT molecular complexity index is 185. The van der Waals surface area contributed by atoms with E-state index in [1.54, 1.807) is 0 Å². The van der Waals surface area contributed by atoms with Crippen LogP contribution in [0.5, 0.6) is 0 Å². The highest BCUT2D eigenvalue weighted by atomic mass is 16.9. The molecule has 0 saturated carbocycles. The summed E-state index contributed by atoms with van der Waals surface area (Å²) in [5.41, 5.74) is 0. The SMILES string of the molecule is CCCCCCCCCCC1COC(OCC)O1. The minimum atomic E-state index is -0.408. The maximum atomic E-state index is 5.62. The van der Waals surface area contributed by atoms with Gasteiger partial charge in [0.05, 0.1) is 12.7 Å². The molecule has 0 radical (unpaired) electrons. The number of rotatable bonds is 11. The van der Waals surface area contributed by atoms with Crippen molar-refractivity contribution in [1.82, 2.24) is 0 Å². The molecular weight excluding hydrogens is 228 g/mol. The molecule has 0 amide bonds. The highest BCUT2D eigenvalue weighted by molar-refractivity contribution is 4.62. The van der Waals surface area contributed by atoms with Crippen LogP contribution in [0.15, 0.2) is 0 Å². The number of hydrogen-bond donors (Lipinski definition) is 0. The van der Waals surface area contributed by atoms with Gasteiger partial charge in [-0.2, -0.15) is 0 Å². The molecule has 1 heterocycles. The van der Waals surface area contributed by atoms with Gasteiger partial charge in [-0.25, -0.2) is 0 Å². The van der Waals surface area contributed by atoms with Crippen molar-refractivity contribution in [2.75, 3.05) is 13.2 Å². The molecule has 0 aromatic rings. The van der Waals surface area contributed by atoms with E-state index in [2.05, 4.69) is 6.92 Å². The molecule has 0 aliphatic carbocycles. The van der Waals surface area contributed by atoms with E-state index in [-0.39, 0.29) is 6.10 Å². The summed E-state index contributed by atoms with van der Waals surface area (Å²) in [5, 5.41) is 0. The lowest BCUT2D eigenvalue weighted by molar-refractivity contribution is -0.235. The second-order valence-electron chi connectivity index (χ2n) is 5.10. The quantitative estimate of drug-likeness (QED) is 0.518. The number of ether oxygens (including phenoxy) is 3. The van der Waals surface area contributed by atoms with Crippen LogP contribution in [0.3, 0.4) is 0 Å². The predicted octanol–water partition coefficient (Wildman–Crippen LogP) is 4.25. The van der Waals surface area contributed by atoms with Gasteiger partial charge in [0.15, 0.2) is 0 Å². The van der Waals surface area contributed by atoms with Crippen molar-refractivity contribution in [1.29, 1.82) is 0 Å². The third-order valence-electron chi connectivity index (χ3n) is 3.40. The fourth-order valence-electron chi connectivity index (χ4n) is 2.30. The standard InChI is InChI=1S/C15H30O3/c1-3-5-6-7-8-9-10-11-12-14-13-17-15(18-14)16-4-2/h14-15H,3-13H2,1-2H3. The highest BCUT2D eigenvalue weighted by Gasteiger charge is 2.25. The third kappa shape index (κ3) is 7.34. The van der Waals surface area contributed by atoms with E-state index in [0.717, 1.165) is 6.42 Å². The molecule has 1 aliphatic rings. The van der Waals surface area contributed by atoms with Crippen LogP contribution in [0.1, 0.15) is 71.6 Å². The van der Waals surface area contributed by atoms with Crippen LogP contribution >= 0.6 is 0 Å². The van der Waals surface area contributed by atoms with Crippen molar-refractivity contribution < 1.29 is 14.2 Å². The molecule has 2 unspecified atom stereocenters. The molecule has 1 fully saturated rings. The van der Waals surface area contributed by atoms with E-state index in [0.29, 0.717) is 13.2 Å². The van der Waals surface area contributed by atoms with E-state index in [9.17, 15) is 0 Å². The van der Waals surface area contributed by atoms with E-state index < -0.39 is 6.48 Å². The largest absolute Gasteiger partial charge is 0.330 e. The molecule has 3 nitrogen and oxygen atoms in total. The van der Waals surface area contributed by atoms with Crippen molar-refractivity contribution in [3.63, 3.8) is 0 Å². The predicted molar refractivity (Wildman–Crippen MR) is 73.5 cm³/mol. The first kappa shape index (κ1) is 15.9. The third-order valence-corrected chi connectivity index (χ3v) is 3.40. The number of hydrogen-bond acceptors (Lipinski definition) is 3. The lowest BCUT2D eigenvalue weighted by Gasteiger charge is -2.10. The molecular formula is C15H30O3. The molecule has 1 aliphatic heterocycles. The van der Waals surface area contributed by atoms with Gasteiger partial charge >= 0.3 is 0 Å². The summed E-state index contributed by atoms with van der Waals surface area (Å²) in [4.78, 5) is 0. The van der Waals surface area contributed by atoms with Gasteiger partial charge < -0.3 is 14.2 Å². The summed E-state index contributed by atoms with van der Waals surface area (Å²) in [5.74, 6) is 0. The van der Waals surface area contributed by atoms with Gasteiger partial charge in [0.2, 0.25) is 0 Å². The van der Waals surface area contributed by atoms with Crippen molar-refractivity contribution in [2.24, 2.45) is 0 Å². The van der Waals surface area contributed by atoms with E-state index in [1.165, 1.54) is 51.4 Å². The average molecular weight is 258 g/mol. The molecule has 108 valence electrons. The van der Waals surface area contributed by atoms with E-state index in [1.807, 2.05) is 6.92 Å². The first-order valence-electron chi connectivity index (χ1n) is 7.75. The Kier molecular flexibility index (Phi) is 9.54. The van der Waals surface area contributed by atoms with Gasteiger partial charge in [0.1, 0.15) is 0 Å². The van der Waals surface area contributed by atoms with Gasteiger partial charge in [-0.3, -0.25) is 0 Å². The van der Waals surface area contributed by atoms with Gasteiger partial charge in [-0.1, -0.05) is 58.3 Å².